The SMILES string of the molecule is CCOC1CCC2CC(c3ccc(-c4ccc(OC)c(F)c4)cc3F)CCC2C1. The maximum atomic E-state index is 15.0. The molecule has 2 fully saturated rings. The standard InChI is InChI=1S/C25H30F2O2/c1-3-29-21-9-6-16-12-20(5-4-17(16)13-21)22-10-7-18(14-23(22)26)19-8-11-25(28-2)24(27)15-19/h7-8,10-11,14-17,20-21H,3-6,9,12-13H2,1-2H3. The van der Waals surface area contributed by atoms with E-state index in [1.54, 1.807) is 18.2 Å². The van der Waals surface area contributed by atoms with E-state index in [2.05, 4.69) is 6.92 Å². The Morgan fingerprint density at radius 3 is 2.24 bits per heavy atom. The molecule has 0 amide bonds. The van der Waals surface area contributed by atoms with E-state index in [1.165, 1.54) is 19.6 Å². The monoisotopic (exact) mass is 400 g/mol. The minimum absolute atomic E-state index is 0.176. The van der Waals surface area contributed by atoms with Crippen LogP contribution in [-0.4, -0.2) is 19.8 Å². The summed E-state index contributed by atoms with van der Waals surface area (Å²) >= 11 is 0. The zero-order valence-electron chi connectivity index (χ0n) is 17.3. The van der Waals surface area contributed by atoms with Crippen LogP contribution in [0.3, 0.4) is 0 Å². The number of rotatable bonds is 5. The molecule has 0 spiro atoms. The van der Waals surface area contributed by atoms with E-state index >= 15 is 4.39 Å². The minimum Gasteiger partial charge on any atom is -0.494 e. The third-order valence-electron chi connectivity index (χ3n) is 6.89. The molecule has 0 aliphatic heterocycles. The van der Waals surface area contributed by atoms with Crippen molar-refractivity contribution in [1.82, 2.24) is 0 Å². The van der Waals surface area contributed by atoms with Crippen molar-refractivity contribution in [1.29, 1.82) is 0 Å². The Labute approximate surface area is 172 Å². The third kappa shape index (κ3) is 4.32. The van der Waals surface area contributed by atoms with Crippen LogP contribution in [0.4, 0.5) is 8.78 Å². The Morgan fingerprint density at radius 2 is 1.55 bits per heavy atom. The predicted octanol–water partition coefficient (Wildman–Crippen LogP) is 6.73. The molecule has 156 valence electrons. The molecule has 0 N–H and O–H groups in total. The molecular formula is C25H30F2O2. The first kappa shape index (κ1) is 20.3. The second kappa shape index (κ2) is 8.83. The highest BCUT2D eigenvalue weighted by molar-refractivity contribution is 5.65. The molecule has 0 heterocycles. The van der Waals surface area contributed by atoms with Crippen LogP contribution >= 0.6 is 0 Å². The third-order valence-corrected chi connectivity index (χ3v) is 6.89. The van der Waals surface area contributed by atoms with Gasteiger partial charge in [0.2, 0.25) is 0 Å². The highest BCUT2D eigenvalue weighted by atomic mass is 19.1. The molecule has 4 heteroatoms. The lowest BCUT2D eigenvalue weighted by Crippen LogP contribution is -2.33. The second-order valence-corrected chi connectivity index (χ2v) is 8.51. The van der Waals surface area contributed by atoms with Gasteiger partial charge in [0.25, 0.3) is 0 Å². The minimum atomic E-state index is -0.435. The van der Waals surface area contributed by atoms with E-state index in [9.17, 15) is 4.39 Å². The Morgan fingerprint density at radius 1 is 0.862 bits per heavy atom. The Balaban J connectivity index is 1.47. The van der Waals surface area contributed by atoms with Crippen molar-refractivity contribution in [3.8, 4) is 16.9 Å². The van der Waals surface area contributed by atoms with Gasteiger partial charge in [-0.3, -0.25) is 0 Å². The molecule has 2 nitrogen and oxygen atoms in total. The predicted molar refractivity (Wildman–Crippen MR) is 111 cm³/mol. The molecule has 2 aliphatic rings. The molecule has 0 bridgehead atoms. The van der Waals surface area contributed by atoms with Gasteiger partial charge in [-0.2, -0.15) is 0 Å². The van der Waals surface area contributed by atoms with Crippen molar-refractivity contribution >= 4 is 0 Å². The van der Waals surface area contributed by atoms with E-state index < -0.39 is 5.82 Å². The van der Waals surface area contributed by atoms with Crippen molar-refractivity contribution in [3.05, 3.63) is 53.6 Å². The summed E-state index contributed by atoms with van der Waals surface area (Å²) in [5.41, 5.74) is 2.17. The quantitative estimate of drug-likeness (QED) is 0.554. The van der Waals surface area contributed by atoms with Crippen molar-refractivity contribution in [2.24, 2.45) is 11.8 Å². The van der Waals surface area contributed by atoms with Gasteiger partial charge in [0.1, 0.15) is 5.82 Å². The lowest BCUT2D eigenvalue weighted by molar-refractivity contribution is -0.00968. The molecule has 4 atom stereocenters. The van der Waals surface area contributed by atoms with Crippen molar-refractivity contribution < 1.29 is 18.3 Å². The van der Waals surface area contributed by atoms with Crippen LogP contribution < -0.4 is 4.74 Å². The number of ether oxygens (including phenoxy) is 2. The van der Waals surface area contributed by atoms with Crippen molar-refractivity contribution in [3.63, 3.8) is 0 Å². The fourth-order valence-electron chi connectivity index (χ4n) is 5.40. The summed E-state index contributed by atoms with van der Waals surface area (Å²) < 4.78 is 39.8. The Hall–Kier alpha value is -1.94. The van der Waals surface area contributed by atoms with Gasteiger partial charge in [-0.25, -0.2) is 8.78 Å². The van der Waals surface area contributed by atoms with Gasteiger partial charge in [0, 0.05) is 6.61 Å². The smallest absolute Gasteiger partial charge is 0.165 e. The van der Waals surface area contributed by atoms with Crippen LogP contribution in [-0.2, 0) is 4.74 Å². The molecule has 0 aromatic heterocycles. The summed E-state index contributed by atoms with van der Waals surface area (Å²) in [5, 5.41) is 0. The van der Waals surface area contributed by atoms with E-state index in [4.69, 9.17) is 9.47 Å². The van der Waals surface area contributed by atoms with Crippen LogP contribution in [0.15, 0.2) is 36.4 Å². The summed E-state index contributed by atoms with van der Waals surface area (Å²) in [5.74, 6) is 1.27. The van der Waals surface area contributed by atoms with Crippen LogP contribution in [0.2, 0.25) is 0 Å². The van der Waals surface area contributed by atoms with Crippen LogP contribution in [0.25, 0.3) is 11.1 Å². The summed E-state index contributed by atoms with van der Waals surface area (Å²) in [6.07, 6.45) is 7.16. The molecule has 29 heavy (non-hydrogen) atoms. The molecule has 2 aliphatic carbocycles. The molecule has 0 radical (unpaired) electrons. The number of halogens is 2. The van der Waals surface area contributed by atoms with E-state index in [0.717, 1.165) is 50.2 Å². The summed E-state index contributed by atoms with van der Waals surface area (Å²) in [7, 11) is 1.44. The average Bonchev–Trinajstić information content (AvgIpc) is 2.73. The van der Waals surface area contributed by atoms with E-state index in [1.807, 2.05) is 12.1 Å². The number of hydrogen-bond acceptors (Lipinski definition) is 2. The molecule has 4 unspecified atom stereocenters. The lowest BCUT2D eigenvalue weighted by Gasteiger charge is -2.42. The maximum absolute atomic E-state index is 15.0. The lowest BCUT2D eigenvalue weighted by atomic mass is 9.65. The van der Waals surface area contributed by atoms with Gasteiger partial charge in [0.15, 0.2) is 11.6 Å². The molecule has 4 rings (SSSR count). The Kier molecular flexibility index (Phi) is 6.19. The summed E-state index contributed by atoms with van der Waals surface area (Å²) in [4.78, 5) is 0. The first-order valence-corrected chi connectivity index (χ1v) is 10.8. The molecule has 0 saturated heterocycles. The van der Waals surface area contributed by atoms with Crippen LogP contribution in [0, 0.1) is 23.5 Å². The van der Waals surface area contributed by atoms with Gasteiger partial charge in [-0.1, -0.05) is 18.2 Å². The summed E-state index contributed by atoms with van der Waals surface area (Å²) in [6.45, 7) is 2.86. The van der Waals surface area contributed by atoms with Gasteiger partial charge in [-0.15, -0.1) is 0 Å². The maximum Gasteiger partial charge on any atom is 0.165 e. The van der Waals surface area contributed by atoms with Gasteiger partial charge in [0.05, 0.1) is 13.2 Å². The normalized spacial score (nSPS) is 26.8. The number of benzene rings is 2. The van der Waals surface area contributed by atoms with Gasteiger partial charge in [-0.05, 0) is 98.1 Å². The first-order chi connectivity index (χ1) is 14.1. The zero-order valence-corrected chi connectivity index (χ0v) is 17.3. The van der Waals surface area contributed by atoms with Crippen LogP contribution in [0.5, 0.6) is 5.75 Å². The number of methoxy groups -OCH3 is 1. The highest BCUT2D eigenvalue weighted by Gasteiger charge is 2.36. The fourth-order valence-corrected chi connectivity index (χ4v) is 5.40. The number of hydrogen-bond donors (Lipinski definition) is 0. The molecule has 2 aromatic carbocycles. The van der Waals surface area contributed by atoms with E-state index in [-0.39, 0.29) is 17.5 Å². The van der Waals surface area contributed by atoms with Gasteiger partial charge < -0.3 is 9.47 Å². The van der Waals surface area contributed by atoms with Crippen molar-refractivity contribution in [2.45, 2.75) is 57.5 Å². The second-order valence-electron chi connectivity index (χ2n) is 8.51. The molecule has 2 saturated carbocycles. The van der Waals surface area contributed by atoms with Crippen LogP contribution in [0.1, 0.15) is 56.9 Å². The fraction of sp³-hybridized carbons (Fsp3) is 0.520. The van der Waals surface area contributed by atoms with Gasteiger partial charge >= 0.3 is 0 Å². The zero-order chi connectivity index (χ0) is 20.4. The summed E-state index contributed by atoms with van der Waals surface area (Å²) in [6, 6.07) is 10.1. The average molecular weight is 401 g/mol. The largest absolute Gasteiger partial charge is 0.494 e. The highest BCUT2D eigenvalue weighted by Crippen LogP contribution is 2.47. The number of fused-ring (bicyclic) bond motifs is 1. The van der Waals surface area contributed by atoms with Crippen molar-refractivity contribution in [2.75, 3.05) is 13.7 Å². The van der Waals surface area contributed by atoms with E-state index in [0.29, 0.717) is 23.1 Å². The molecule has 2 aromatic rings. The first-order valence-electron chi connectivity index (χ1n) is 10.8. The Bertz CT molecular complexity index is 851. The molecular weight excluding hydrogens is 370 g/mol. The topological polar surface area (TPSA) is 18.5 Å².